The first-order chi connectivity index (χ1) is 10.6. The van der Waals surface area contributed by atoms with Crippen LogP contribution in [-0.4, -0.2) is 34.1 Å². The number of hydrogen-bond acceptors (Lipinski definition) is 6. The molecule has 6 nitrogen and oxygen atoms in total. The number of thioether (sulfide) groups is 1. The molecule has 0 unspecified atom stereocenters. The minimum absolute atomic E-state index is 0.0686. The van der Waals surface area contributed by atoms with E-state index in [0.29, 0.717) is 5.06 Å². The van der Waals surface area contributed by atoms with Crippen LogP contribution in [0, 0.1) is 0 Å². The number of pyridine rings is 1. The first-order valence-electron chi connectivity index (χ1n) is 6.61. The van der Waals surface area contributed by atoms with Gasteiger partial charge in [0.05, 0.1) is 11.1 Å². The summed E-state index contributed by atoms with van der Waals surface area (Å²) in [6.07, 6.45) is 3.47. The van der Waals surface area contributed by atoms with E-state index in [1.807, 2.05) is 24.5 Å². The third kappa shape index (κ3) is 2.55. The molecule has 0 spiro atoms. The van der Waals surface area contributed by atoms with Crippen molar-refractivity contribution in [3.63, 3.8) is 0 Å². The molecule has 0 atom stereocenters. The van der Waals surface area contributed by atoms with Crippen molar-refractivity contribution in [2.24, 2.45) is 0 Å². The van der Waals surface area contributed by atoms with E-state index in [-0.39, 0.29) is 18.4 Å². The molecule has 22 heavy (non-hydrogen) atoms. The van der Waals surface area contributed by atoms with Crippen LogP contribution in [-0.2, 0) is 14.4 Å². The number of fused-ring (bicyclic) bond motifs is 1. The SMILES string of the molecule is CSc1cccc2cc(C(=O)ON3C(=O)CCC3=O)cnc12. The van der Waals surface area contributed by atoms with E-state index in [1.165, 1.54) is 6.20 Å². The van der Waals surface area contributed by atoms with Gasteiger partial charge in [-0.05, 0) is 18.4 Å². The second-order valence-corrected chi connectivity index (χ2v) is 5.56. The van der Waals surface area contributed by atoms with Crippen molar-refractivity contribution in [1.82, 2.24) is 10.0 Å². The van der Waals surface area contributed by atoms with Gasteiger partial charge < -0.3 is 4.84 Å². The van der Waals surface area contributed by atoms with Gasteiger partial charge in [-0.3, -0.25) is 14.6 Å². The molecule has 1 aliphatic heterocycles. The average Bonchev–Trinajstić information content (AvgIpc) is 2.85. The van der Waals surface area contributed by atoms with Crippen molar-refractivity contribution in [2.75, 3.05) is 6.26 Å². The highest BCUT2D eigenvalue weighted by atomic mass is 32.2. The molecule has 0 radical (unpaired) electrons. The van der Waals surface area contributed by atoms with Crippen molar-refractivity contribution < 1.29 is 19.2 Å². The summed E-state index contributed by atoms with van der Waals surface area (Å²) in [6, 6.07) is 7.29. The van der Waals surface area contributed by atoms with Crippen LogP contribution < -0.4 is 0 Å². The van der Waals surface area contributed by atoms with Gasteiger partial charge in [0.25, 0.3) is 11.8 Å². The van der Waals surface area contributed by atoms with Crippen LogP contribution in [0.2, 0.25) is 0 Å². The molecular formula is C15H12N2O4S. The van der Waals surface area contributed by atoms with Crippen LogP contribution in [0.3, 0.4) is 0 Å². The predicted octanol–water partition coefficient (Wildman–Crippen LogP) is 2.18. The Morgan fingerprint density at radius 3 is 2.68 bits per heavy atom. The zero-order valence-electron chi connectivity index (χ0n) is 11.7. The fraction of sp³-hybridized carbons (Fsp3) is 0.200. The minimum Gasteiger partial charge on any atom is -0.325 e. The van der Waals surface area contributed by atoms with Gasteiger partial charge >= 0.3 is 5.97 Å². The number of imide groups is 1. The monoisotopic (exact) mass is 316 g/mol. The molecule has 7 heteroatoms. The number of benzene rings is 1. The number of carbonyl (C=O) groups excluding carboxylic acids is 3. The molecular weight excluding hydrogens is 304 g/mol. The zero-order chi connectivity index (χ0) is 15.7. The average molecular weight is 316 g/mol. The summed E-state index contributed by atoms with van der Waals surface area (Å²) >= 11 is 1.56. The van der Waals surface area contributed by atoms with Crippen LogP contribution in [0.5, 0.6) is 0 Å². The summed E-state index contributed by atoms with van der Waals surface area (Å²) in [5, 5.41) is 1.32. The molecule has 1 fully saturated rings. The normalized spacial score (nSPS) is 14.7. The Kier molecular flexibility index (Phi) is 3.81. The van der Waals surface area contributed by atoms with Gasteiger partial charge in [-0.1, -0.05) is 12.1 Å². The zero-order valence-corrected chi connectivity index (χ0v) is 12.6. The predicted molar refractivity (Wildman–Crippen MR) is 80.0 cm³/mol. The van der Waals surface area contributed by atoms with E-state index in [1.54, 1.807) is 17.8 Å². The molecule has 2 amide bonds. The molecule has 0 aliphatic carbocycles. The van der Waals surface area contributed by atoms with Crippen molar-refractivity contribution in [3.8, 4) is 0 Å². The van der Waals surface area contributed by atoms with Crippen LogP contribution in [0.4, 0.5) is 0 Å². The third-order valence-electron chi connectivity index (χ3n) is 3.31. The van der Waals surface area contributed by atoms with Gasteiger partial charge in [0, 0.05) is 29.3 Å². The Hall–Kier alpha value is -2.41. The fourth-order valence-corrected chi connectivity index (χ4v) is 2.78. The lowest BCUT2D eigenvalue weighted by Gasteiger charge is -2.12. The van der Waals surface area contributed by atoms with Gasteiger partial charge in [0.2, 0.25) is 0 Å². The number of para-hydroxylation sites is 1. The molecule has 0 saturated carbocycles. The van der Waals surface area contributed by atoms with Crippen LogP contribution in [0.1, 0.15) is 23.2 Å². The van der Waals surface area contributed by atoms with Crippen molar-refractivity contribution in [3.05, 3.63) is 36.0 Å². The van der Waals surface area contributed by atoms with E-state index in [9.17, 15) is 14.4 Å². The molecule has 0 N–H and O–H groups in total. The molecule has 3 rings (SSSR count). The largest absolute Gasteiger partial charge is 0.365 e. The summed E-state index contributed by atoms with van der Waals surface area (Å²) in [7, 11) is 0. The Labute approximate surface area is 130 Å². The minimum atomic E-state index is -0.771. The van der Waals surface area contributed by atoms with E-state index >= 15 is 0 Å². The molecule has 1 aromatic heterocycles. The molecule has 2 aromatic rings. The lowest BCUT2D eigenvalue weighted by molar-refractivity contribution is -0.172. The van der Waals surface area contributed by atoms with Crippen LogP contribution >= 0.6 is 11.8 Å². The standard InChI is InChI=1S/C15H12N2O4S/c1-22-11-4-2-3-9-7-10(8-16-14(9)11)15(20)21-17-12(18)5-6-13(17)19/h2-4,7-8H,5-6H2,1H3. The van der Waals surface area contributed by atoms with Crippen molar-refractivity contribution in [1.29, 1.82) is 0 Å². The topological polar surface area (TPSA) is 76.6 Å². The first-order valence-corrected chi connectivity index (χ1v) is 7.83. The van der Waals surface area contributed by atoms with Crippen molar-refractivity contribution in [2.45, 2.75) is 17.7 Å². The highest BCUT2D eigenvalue weighted by molar-refractivity contribution is 7.98. The molecule has 2 heterocycles. The first kappa shape index (κ1) is 14.5. The number of aromatic nitrogens is 1. The van der Waals surface area contributed by atoms with Crippen LogP contribution in [0.15, 0.2) is 35.4 Å². The highest BCUT2D eigenvalue weighted by Crippen LogP contribution is 2.25. The Balaban J connectivity index is 1.88. The highest BCUT2D eigenvalue weighted by Gasteiger charge is 2.33. The molecule has 112 valence electrons. The van der Waals surface area contributed by atoms with E-state index < -0.39 is 17.8 Å². The number of nitrogens with zero attached hydrogens (tertiary/aromatic N) is 2. The van der Waals surface area contributed by atoms with E-state index in [4.69, 9.17) is 4.84 Å². The van der Waals surface area contributed by atoms with Gasteiger partial charge in [-0.15, -0.1) is 16.8 Å². The Bertz CT molecular complexity index is 774. The third-order valence-corrected chi connectivity index (χ3v) is 4.08. The van der Waals surface area contributed by atoms with E-state index in [0.717, 1.165) is 15.8 Å². The van der Waals surface area contributed by atoms with E-state index in [2.05, 4.69) is 4.98 Å². The lowest BCUT2D eigenvalue weighted by Crippen LogP contribution is -2.32. The maximum Gasteiger partial charge on any atom is 0.365 e. The number of carbonyl (C=O) groups is 3. The van der Waals surface area contributed by atoms with Crippen LogP contribution in [0.25, 0.3) is 10.9 Å². The lowest BCUT2D eigenvalue weighted by atomic mass is 10.1. The fourth-order valence-electron chi connectivity index (χ4n) is 2.20. The van der Waals surface area contributed by atoms with Crippen molar-refractivity contribution >= 4 is 40.4 Å². The Morgan fingerprint density at radius 2 is 2.00 bits per heavy atom. The number of hydrogen-bond donors (Lipinski definition) is 0. The van der Waals surface area contributed by atoms with Gasteiger partial charge in [0.1, 0.15) is 0 Å². The summed E-state index contributed by atoms with van der Waals surface area (Å²) in [5.41, 5.74) is 0.984. The van der Waals surface area contributed by atoms with Gasteiger partial charge in [-0.2, -0.15) is 0 Å². The summed E-state index contributed by atoms with van der Waals surface area (Å²) in [5.74, 6) is -1.78. The molecule has 1 aromatic carbocycles. The molecule has 1 aliphatic rings. The Morgan fingerprint density at radius 1 is 1.27 bits per heavy atom. The molecule has 1 saturated heterocycles. The molecule has 0 bridgehead atoms. The number of hydroxylamine groups is 2. The second kappa shape index (κ2) is 5.76. The smallest absolute Gasteiger partial charge is 0.325 e. The van der Waals surface area contributed by atoms with Gasteiger partial charge in [0.15, 0.2) is 0 Å². The summed E-state index contributed by atoms with van der Waals surface area (Å²) < 4.78 is 0. The number of rotatable bonds is 3. The number of amides is 2. The van der Waals surface area contributed by atoms with Gasteiger partial charge in [-0.25, -0.2) is 4.79 Å². The maximum atomic E-state index is 12.1. The summed E-state index contributed by atoms with van der Waals surface area (Å²) in [4.78, 5) is 45.1. The summed E-state index contributed by atoms with van der Waals surface area (Å²) in [6.45, 7) is 0. The maximum absolute atomic E-state index is 12.1. The second-order valence-electron chi connectivity index (χ2n) is 4.72. The quantitative estimate of drug-likeness (QED) is 0.638.